The largest absolute Gasteiger partial charge is 0.384 e. The van der Waals surface area contributed by atoms with E-state index < -0.39 is 0 Å². The van der Waals surface area contributed by atoms with Gasteiger partial charge >= 0.3 is 0 Å². The molecular weight excluding hydrogens is 262 g/mol. The molecule has 0 saturated heterocycles. The van der Waals surface area contributed by atoms with Gasteiger partial charge in [-0.15, -0.1) is 0 Å². The van der Waals surface area contributed by atoms with Gasteiger partial charge in [-0.05, 0) is 24.3 Å². The minimum absolute atomic E-state index is 0.171. The average molecular weight is 281 g/mol. The predicted molar refractivity (Wildman–Crippen MR) is 84.4 cm³/mol. The number of nitriles is 1. The average Bonchev–Trinajstić information content (AvgIpc) is 2.45. The molecule has 5 nitrogen and oxygen atoms in total. The normalized spacial score (nSPS) is 11.0. The SMILES string of the molecule is CN(c1ccc(C#N)cc1)c1cc(N)nc(C(C)(C)C)n1. The molecule has 0 fully saturated rings. The molecule has 5 heteroatoms. The standard InChI is InChI=1S/C16H19N5/c1-16(2,3)15-19-13(18)9-14(20-15)21(4)12-7-5-11(10-17)6-8-12/h5-9H,1-4H3,(H2,18,19,20). The van der Waals surface area contributed by atoms with Crippen molar-refractivity contribution in [3.63, 3.8) is 0 Å². The number of nitrogens with two attached hydrogens (primary N) is 1. The molecule has 2 aromatic rings. The van der Waals surface area contributed by atoms with Crippen molar-refractivity contribution >= 4 is 17.3 Å². The summed E-state index contributed by atoms with van der Waals surface area (Å²) in [6.07, 6.45) is 0. The van der Waals surface area contributed by atoms with Crippen molar-refractivity contribution in [2.24, 2.45) is 0 Å². The summed E-state index contributed by atoms with van der Waals surface area (Å²) in [5, 5.41) is 8.85. The molecule has 0 aliphatic rings. The molecule has 1 aromatic carbocycles. The van der Waals surface area contributed by atoms with Crippen LogP contribution in [-0.4, -0.2) is 17.0 Å². The summed E-state index contributed by atoms with van der Waals surface area (Å²) in [5.74, 6) is 1.89. The van der Waals surface area contributed by atoms with Crippen molar-refractivity contribution in [2.75, 3.05) is 17.7 Å². The zero-order valence-corrected chi connectivity index (χ0v) is 12.8. The summed E-state index contributed by atoms with van der Waals surface area (Å²) >= 11 is 0. The molecule has 1 heterocycles. The van der Waals surface area contributed by atoms with Crippen LogP contribution in [0.5, 0.6) is 0 Å². The third-order valence-corrected chi connectivity index (χ3v) is 3.13. The highest BCUT2D eigenvalue weighted by molar-refractivity contribution is 5.62. The minimum atomic E-state index is -0.171. The van der Waals surface area contributed by atoms with E-state index in [9.17, 15) is 0 Å². The van der Waals surface area contributed by atoms with Gasteiger partial charge < -0.3 is 10.6 Å². The number of anilines is 3. The number of nitrogen functional groups attached to an aromatic ring is 1. The Morgan fingerprint density at radius 2 is 1.76 bits per heavy atom. The molecule has 2 rings (SSSR count). The third-order valence-electron chi connectivity index (χ3n) is 3.13. The molecule has 0 saturated carbocycles. The lowest BCUT2D eigenvalue weighted by molar-refractivity contribution is 0.546. The van der Waals surface area contributed by atoms with Crippen molar-refractivity contribution in [3.05, 3.63) is 41.7 Å². The Bertz CT molecular complexity index is 677. The van der Waals surface area contributed by atoms with Crippen molar-refractivity contribution in [1.82, 2.24) is 9.97 Å². The highest BCUT2D eigenvalue weighted by Gasteiger charge is 2.19. The first kappa shape index (κ1) is 14.8. The number of benzene rings is 1. The van der Waals surface area contributed by atoms with Crippen LogP contribution >= 0.6 is 0 Å². The summed E-state index contributed by atoms with van der Waals surface area (Å²) in [6.45, 7) is 6.15. The maximum Gasteiger partial charge on any atom is 0.138 e. The second-order valence-electron chi connectivity index (χ2n) is 5.94. The Balaban J connectivity index is 2.40. The number of aromatic nitrogens is 2. The van der Waals surface area contributed by atoms with E-state index in [1.165, 1.54) is 0 Å². The topological polar surface area (TPSA) is 78.8 Å². The van der Waals surface area contributed by atoms with Crippen LogP contribution in [0.1, 0.15) is 32.2 Å². The molecule has 0 bridgehead atoms. The Morgan fingerprint density at radius 3 is 2.29 bits per heavy atom. The molecule has 0 unspecified atom stereocenters. The molecule has 1 aromatic heterocycles. The van der Waals surface area contributed by atoms with Crippen molar-refractivity contribution in [1.29, 1.82) is 5.26 Å². The molecule has 0 spiro atoms. The number of rotatable bonds is 2. The van der Waals surface area contributed by atoms with E-state index >= 15 is 0 Å². The van der Waals surface area contributed by atoms with E-state index in [0.717, 1.165) is 11.5 Å². The maximum absolute atomic E-state index is 8.85. The second-order valence-corrected chi connectivity index (χ2v) is 5.94. The first-order chi connectivity index (χ1) is 9.81. The first-order valence-electron chi connectivity index (χ1n) is 6.70. The molecule has 0 radical (unpaired) electrons. The fraction of sp³-hybridized carbons (Fsp3) is 0.312. The number of hydrogen-bond donors (Lipinski definition) is 1. The molecule has 0 aliphatic carbocycles. The van der Waals surface area contributed by atoms with Gasteiger partial charge in [0.25, 0.3) is 0 Å². The third kappa shape index (κ3) is 3.29. The van der Waals surface area contributed by atoms with Crippen molar-refractivity contribution in [3.8, 4) is 6.07 Å². The van der Waals surface area contributed by atoms with Crippen molar-refractivity contribution in [2.45, 2.75) is 26.2 Å². The van der Waals surface area contributed by atoms with Gasteiger partial charge in [-0.25, -0.2) is 9.97 Å². The van der Waals surface area contributed by atoms with Gasteiger partial charge in [-0.1, -0.05) is 20.8 Å². The molecule has 108 valence electrons. The maximum atomic E-state index is 8.85. The Kier molecular flexibility index (Phi) is 3.81. The zero-order chi connectivity index (χ0) is 15.6. The number of hydrogen-bond acceptors (Lipinski definition) is 5. The minimum Gasteiger partial charge on any atom is -0.384 e. The van der Waals surface area contributed by atoms with Crippen LogP contribution < -0.4 is 10.6 Å². The van der Waals surface area contributed by atoms with Gasteiger partial charge in [-0.3, -0.25) is 0 Å². The van der Waals surface area contributed by atoms with Crippen LogP contribution in [0.25, 0.3) is 0 Å². The molecule has 0 aliphatic heterocycles. The van der Waals surface area contributed by atoms with Crippen LogP contribution in [0.2, 0.25) is 0 Å². The van der Waals surface area contributed by atoms with E-state index in [1.807, 2.05) is 44.9 Å². The van der Waals surface area contributed by atoms with Gasteiger partial charge in [0.05, 0.1) is 11.6 Å². The van der Waals surface area contributed by atoms with E-state index in [4.69, 9.17) is 11.0 Å². The fourth-order valence-electron chi connectivity index (χ4n) is 1.85. The van der Waals surface area contributed by atoms with Crippen LogP contribution in [0, 0.1) is 11.3 Å². The summed E-state index contributed by atoms with van der Waals surface area (Å²) in [6, 6.07) is 11.2. The first-order valence-corrected chi connectivity index (χ1v) is 6.70. The lowest BCUT2D eigenvalue weighted by atomic mass is 9.96. The Labute approximate surface area is 125 Å². The summed E-state index contributed by atoms with van der Waals surface area (Å²) in [5.41, 5.74) is 7.29. The molecule has 21 heavy (non-hydrogen) atoms. The van der Waals surface area contributed by atoms with Gasteiger partial charge in [0.15, 0.2) is 0 Å². The molecule has 0 amide bonds. The van der Waals surface area contributed by atoms with Gasteiger partial charge in [0, 0.05) is 24.2 Å². The second kappa shape index (κ2) is 5.41. The van der Waals surface area contributed by atoms with Crippen LogP contribution in [0.3, 0.4) is 0 Å². The smallest absolute Gasteiger partial charge is 0.138 e. The van der Waals surface area contributed by atoms with E-state index in [0.29, 0.717) is 17.2 Å². The lowest BCUT2D eigenvalue weighted by Crippen LogP contribution is -2.20. The Morgan fingerprint density at radius 1 is 1.14 bits per heavy atom. The van der Waals surface area contributed by atoms with E-state index in [1.54, 1.807) is 18.2 Å². The zero-order valence-electron chi connectivity index (χ0n) is 12.8. The monoisotopic (exact) mass is 281 g/mol. The highest BCUT2D eigenvalue weighted by Crippen LogP contribution is 2.26. The predicted octanol–water partition coefficient (Wildman–Crippen LogP) is 3.00. The van der Waals surface area contributed by atoms with Crippen LogP contribution in [0.4, 0.5) is 17.3 Å². The molecular formula is C16H19N5. The number of nitrogens with zero attached hydrogens (tertiary/aromatic N) is 4. The molecule has 0 atom stereocenters. The van der Waals surface area contributed by atoms with Gasteiger partial charge in [-0.2, -0.15) is 5.26 Å². The highest BCUT2D eigenvalue weighted by atomic mass is 15.2. The van der Waals surface area contributed by atoms with Crippen molar-refractivity contribution < 1.29 is 0 Å². The summed E-state index contributed by atoms with van der Waals surface area (Å²) < 4.78 is 0. The van der Waals surface area contributed by atoms with E-state index in [2.05, 4.69) is 16.0 Å². The summed E-state index contributed by atoms with van der Waals surface area (Å²) in [7, 11) is 1.91. The Hall–Kier alpha value is -2.61. The van der Waals surface area contributed by atoms with E-state index in [-0.39, 0.29) is 5.41 Å². The van der Waals surface area contributed by atoms with Gasteiger partial charge in [0.2, 0.25) is 0 Å². The molecule has 2 N–H and O–H groups in total. The lowest BCUT2D eigenvalue weighted by Gasteiger charge is -2.22. The quantitative estimate of drug-likeness (QED) is 0.915. The fourth-order valence-corrected chi connectivity index (χ4v) is 1.85. The van der Waals surface area contributed by atoms with Crippen LogP contribution in [-0.2, 0) is 5.41 Å². The van der Waals surface area contributed by atoms with Crippen LogP contribution in [0.15, 0.2) is 30.3 Å². The van der Waals surface area contributed by atoms with Gasteiger partial charge in [0.1, 0.15) is 17.5 Å². The summed E-state index contributed by atoms with van der Waals surface area (Å²) in [4.78, 5) is 10.8.